The Balaban J connectivity index is 3.27. The van der Waals surface area contributed by atoms with Gasteiger partial charge in [-0.1, -0.05) is 96.8 Å². The molecule has 156 valence electrons. The zero-order valence-corrected chi connectivity index (χ0v) is 17.4. The van der Waals surface area contributed by atoms with Gasteiger partial charge >= 0.3 is 0 Å². The first-order valence-electron chi connectivity index (χ1n) is 11.3. The third-order valence-electron chi connectivity index (χ3n) is 5.13. The van der Waals surface area contributed by atoms with Crippen molar-refractivity contribution < 1.29 is 9.90 Å². The highest BCUT2D eigenvalue weighted by molar-refractivity contribution is 5.84. The van der Waals surface area contributed by atoms with Gasteiger partial charge in [0.15, 0.2) is 5.78 Å². The number of rotatable bonds is 21. The van der Waals surface area contributed by atoms with Gasteiger partial charge in [0.2, 0.25) is 0 Å². The van der Waals surface area contributed by atoms with Crippen LogP contribution in [0.15, 0.2) is 0 Å². The normalized spacial score (nSPS) is 12.4. The fraction of sp³-hybridized carbons (Fsp3) is 0.955. The average Bonchev–Trinajstić information content (AvgIpc) is 2.65. The molecule has 0 aliphatic rings. The molecule has 0 radical (unpaired) electrons. The van der Waals surface area contributed by atoms with Crippen LogP contribution in [0.3, 0.4) is 0 Å². The van der Waals surface area contributed by atoms with Crippen molar-refractivity contribution in [3.63, 3.8) is 0 Å². The van der Waals surface area contributed by atoms with Crippen LogP contribution in [0.4, 0.5) is 0 Å². The minimum atomic E-state index is -0.426. The maximum atomic E-state index is 12.0. The smallest absolute Gasteiger partial charge is 0.152 e. The van der Waals surface area contributed by atoms with E-state index in [9.17, 15) is 9.90 Å². The number of ketones is 1. The predicted octanol–water partition coefficient (Wildman–Crippen LogP) is 4.73. The van der Waals surface area contributed by atoms with E-state index in [2.05, 4.69) is 12.2 Å². The maximum absolute atomic E-state index is 12.0. The molecule has 0 aromatic carbocycles. The van der Waals surface area contributed by atoms with Crippen molar-refractivity contribution in [2.24, 2.45) is 5.73 Å². The standard InChI is InChI=1S/C22H46N2O2/c1-2-3-4-5-6-7-8-9-10-11-12-13-14-15-16-17-22(26)21(20-25)24-19-18-23/h21,24-25H,2-20,23H2,1H3. The van der Waals surface area contributed by atoms with E-state index >= 15 is 0 Å². The second-order valence-corrected chi connectivity index (χ2v) is 7.64. The average molecular weight is 371 g/mol. The number of Topliss-reactive ketones (excluding diaryl/α,β-unsaturated/α-hetero) is 1. The molecule has 4 N–H and O–H groups in total. The van der Waals surface area contributed by atoms with Crippen LogP contribution < -0.4 is 11.1 Å². The second kappa shape index (κ2) is 20.9. The summed E-state index contributed by atoms with van der Waals surface area (Å²) in [6.45, 7) is 3.21. The Kier molecular flexibility index (Phi) is 20.5. The van der Waals surface area contributed by atoms with Gasteiger partial charge in [0.05, 0.1) is 12.6 Å². The molecule has 0 aliphatic carbocycles. The lowest BCUT2D eigenvalue weighted by atomic mass is 10.0. The summed E-state index contributed by atoms with van der Waals surface area (Å²) >= 11 is 0. The monoisotopic (exact) mass is 370 g/mol. The number of carbonyl (C=O) groups is 1. The minimum absolute atomic E-state index is 0.121. The number of nitrogens with two attached hydrogens (primary N) is 1. The van der Waals surface area contributed by atoms with Crippen molar-refractivity contribution in [1.29, 1.82) is 0 Å². The van der Waals surface area contributed by atoms with E-state index in [4.69, 9.17) is 5.73 Å². The van der Waals surface area contributed by atoms with Gasteiger partial charge in [-0.05, 0) is 6.42 Å². The first kappa shape index (κ1) is 25.6. The highest BCUT2D eigenvalue weighted by Gasteiger charge is 2.15. The van der Waals surface area contributed by atoms with Crippen molar-refractivity contribution in [1.82, 2.24) is 5.32 Å². The Morgan fingerprint density at radius 3 is 1.62 bits per heavy atom. The van der Waals surface area contributed by atoms with Gasteiger partial charge in [-0.3, -0.25) is 4.79 Å². The molecular weight excluding hydrogens is 324 g/mol. The van der Waals surface area contributed by atoms with Gasteiger partial charge in [0.25, 0.3) is 0 Å². The van der Waals surface area contributed by atoms with Gasteiger partial charge in [0, 0.05) is 19.5 Å². The SMILES string of the molecule is CCCCCCCCCCCCCCCCCC(=O)C(CO)NCCN. The first-order valence-corrected chi connectivity index (χ1v) is 11.3. The largest absolute Gasteiger partial charge is 0.394 e. The molecule has 1 unspecified atom stereocenters. The number of hydrogen-bond acceptors (Lipinski definition) is 4. The van der Waals surface area contributed by atoms with E-state index in [1.807, 2.05) is 0 Å². The summed E-state index contributed by atoms with van der Waals surface area (Å²) in [6.07, 6.45) is 20.5. The maximum Gasteiger partial charge on any atom is 0.152 e. The molecule has 1 atom stereocenters. The summed E-state index contributed by atoms with van der Waals surface area (Å²) in [5.74, 6) is 0.121. The lowest BCUT2D eigenvalue weighted by molar-refractivity contribution is -0.122. The van der Waals surface area contributed by atoms with Crippen LogP contribution in [0.5, 0.6) is 0 Å². The lowest BCUT2D eigenvalue weighted by Crippen LogP contribution is -2.42. The van der Waals surface area contributed by atoms with Crippen molar-refractivity contribution >= 4 is 5.78 Å². The molecule has 0 aromatic rings. The Bertz CT molecular complexity index is 298. The second-order valence-electron chi connectivity index (χ2n) is 7.64. The van der Waals surface area contributed by atoms with E-state index in [1.54, 1.807) is 0 Å². The van der Waals surface area contributed by atoms with Crippen molar-refractivity contribution in [2.45, 2.75) is 116 Å². The molecule has 0 aromatic heterocycles. The summed E-state index contributed by atoms with van der Waals surface area (Å²) in [4.78, 5) is 12.0. The van der Waals surface area contributed by atoms with E-state index < -0.39 is 6.04 Å². The molecule has 0 fully saturated rings. The molecule has 26 heavy (non-hydrogen) atoms. The number of aliphatic hydroxyl groups excluding tert-OH is 1. The predicted molar refractivity (Wildman–Crippen MR) is 112 cm³/mol. The number of carbonyl (C=O) groups excluding carboxylic acids is 1. The molecule has 0 heterocycles. The quantitative estimate of drug-likeness (QED) is 0.255. The first-order chi connectivity index (χ1) is 12.8. The van der Waals surface area contributed by atoms with E-state index in [-0.39, 0.29) is 12.4 Å². The Hall–Kier alpha value is -0.450. The van der Waals surface area contributed by atoms with Crippen molar-refractivity contribution in [3.05, 3.63) is 0 Å². The molecule has 0 spiro atoms. The third-order valence-corrected chi connectivity index (χ3v) is 5.13. The molecule has 0 saturated heterocycles. The molecule has 4 nitrogen and oxygen atoms in total. The van der Waals surface area contributed by atoms with Crippen LogP contribution in [0.1, 0.15) is 110 Å². The fourth-order valence-corrected chi connectivity index (χ4v) is 3.38. The summed E-state index contributed by atoms with van der Waals surface area (Å²) in [6, 6.07) is -0.426. The Morgan fingerprint density at radius 1 is 0.808 bits per heavy atom. The number of aliphatic hydroxyl groups is 1. The summed E-state index contributed by atoms with van der Waals surface area (Å²) in [5, 5.41) is 12.2. The minimum Gasteiger partial charge on any atom is -0.394 e. The molecular formula is C22H46N2O2. The number of unbranched alkanes of at least 4 members (excludes halogenated alkanes) is 14. The van der Waals surface area contributed by atoms with Crippen LogP contribution in [-0.2, 0) is 4.79 Å². The highest BCUT2D eigenvalue weighted by Crippen LogP contribution is 2.13. The van der Waals surface area contributed by atoms with Crippen molar-refractivity contribution in [3.8, 4) is 0 Å². The highest BCUT2D eigenvalue weighted by atomic mass is 16.3. The fourth-order valence-electron chi connectivity index (χ4n) is 3.38. The van der Waals surface area contributed by atoms with Gasteiger partial charge in [-0.15, -0.1) is 0 Å². The van der Waals surface area contributed by atoms with Gasteiger partial charge < -0.3 is 16.2 Å². The summed E-state index contributed by atoms with van der Waals surface area (Å²) in [7, 11) is 0. The molecule has 0 rings (SSSR count). The van der Waals surface area contributed by atoms with E-state index in [1.165, 1.54) is 83.5 Å². The molecule has 0 bridgehead atoms. The molecule has 4 heteroatoms. The zero-order valence-electron chi connectivity index (χ0n) is 17.4. The molecule has 0 aliphatic heterocycles. The molecule has 0 amide bonds. The Morgan fingerprint density at radius 2 is 1.23 bits per heavy atom. The van der Waals surface area contributed by atoms with Crippen molar-refractivity contribution in [2.75, 3.05) is 19.7 Å². The lowest BCUT2D eigenvalue weighted by Gasteiger charge is -2.14. The van der Waals surface area contributed by atoms with E-state index in [0.29, 0.717) is 19.5 Å². The Labute approximate surface area is 162 Å². The summed E-state index contributed by atoms with van der Waals surface area (Å²) in [5.41, 5.74) is 5.41. The van der Waals surface area contributed by atoms with Crippen LogP contribution in [0.2, 0.25) is 0 Å². The van der Waals surface area contributed by atoms with Crippen LogP contribution in [-0.4, -0.2) is 36.6 Å². The number of nitrogens with one attached hydrogen (secondary N) is 1. The van der Waals surface area contributed by atoms with Gasteiger partial charge in [-0.25, -0.2) is 0 Å². The summed E-state index contributed by atoms with van der Waals surface area (Å²) < 4.78 is 0. The molecule has 0 saturated carbocycles. The number of hydrogen-bond donors (Lipinski definition) is 3. The van der Waals surface area contributed by atoms with Crippen LogP contribution in [0.25, 0.3) is 0 Å². The third kappa shape index (κ3) is 17.0. The topological polar surface area (TPSA) is 75.3 Å². The van der Waals surface area contributed by atoms with Crippen LogP contribution >= 0.6 is 0 Å². The van der Waals surface area contributed by atoms with E-state index in [0.717, 1.165) is 12.8 Å². The van der Waals surface area contributed by atoms with Gasteiger partial charge in [-0.2, -0.15) is 0 Å². The zero-order chi connectivity index (χ0) is 19.3. The van der Waals surface area contributed by atoms with Crippen LogP contribution in [0, 0.1) is 0 Å². The van der Waals surface area contributed by atoms with Gasteiger partial charge in [0.1, 0.15) is 0 Å².